The maximum Gasteiger partial charge on any atom is 0.244 e. The van der Waals surface area contributed by atoms with Gasteiger partial charge < -0.3 is 4.90 Å². The smallest absolute Gasteiger partial charge is 0.244 e. The lowest BCUT2D eigenvalue weighted by Gasteiger charge is -2.16. The molecule has 7 heteroatoms. The Kier molecular flexibility index (Phi) is 3.93. The summed E-state index contributed by atoms with van der Waals surface area (Å²) in [5.41, 5.74) is 4.10. The minimum absolute atomic E-state index is 0.0564. The number of likely N-dealkylation sites (N-methyl/N-ethyl adjacent to an activating group) is 1. The Morgan fingerprint density at radius 1 is 1.21 bits per heavy atom. The summed E-state index contributed by atoms with van der Waals surface area (Å²) in [7, 11) is 1.19. The van der Waals surface area contributed by atoms with Crippen LogP contribution in [0.3, 0.4) is 0 Å². The van der Waals surface area contributed by atoms with Gasteiger partial charge in [-0.3, -0.25) is 9.78 Å². The molecule has 24 heavy (non-hydrogen) atoms. The number of aromatic nitrogens is 1. The molecule has 0 aliphatic carbocycles. The lowest BCUT2D eigenvalue weighted by molar-refractivity contribution is -0.117. The van der Waals surface area contributed by atoms with Gasteiger partial charge in [0.25, 0.3) is 0 Å². The van der Waals surface area contributed by atoms with E-state index in [-0.39, 0.29) is 10.8 Å². The number of fused-ring (bicyclic) bond motifs is 1. The highest BCUT2D eigenvalue weighted by molar-refractivity contribution is 7.89. The number of hydrogen-bond acceptors (Lipinski definition) is 4. The van der Waals surface area contributed by atoms with E-state index in [2.05, 4.69) is 4.98 Å². The highest BCUT2D eigenvalue weighted by Crippen LogP contribution is 2.34. The third-order valence-corrected chi connectivity index (χ3v) is 6.32. The molecule has 2 aromatic rings. The molecular formula is C17H19N3O3S. The predicted molar refractivity (Wildman–Crippen MR) is 92.4 cm³/mol. The second-order valence-electron chi connectivity index (χ2n) is 6.07. The lowest BCUT2D eigenvalue weighted by atomic mass is 10.00. The molecular weight excluding hydrogens is 326 g/mol. The number of pyridine rings is 1. The standard InChI is InChI=1S/C17H19N3O3S/c1-11-14(9-18-10-16(11)24(22,23)19(2)3)12-5-6-15-13(7-12)8-17(21)20(15)4/h5-7,9-10H,8H2,1-4H3. The van der Waals surface area contributed by atoms with Gasteiger partial charge in [-0.2, -0.15) is 0 Å². The summed E-state index contributed by atoms with van der Waals surface area (Å²) in [6.45, 7) is 1.78. The van der Waals surface area contributed by atoms with E-state index < -0.39 is 10.0 Å². The van der Waals surface area contributed by atoms with E-state index in [0.29, 0.717) is 12.0 Å². The van der Waals surface area contributed by atoms with Crippen molar-refractivity contribution in [2.75, 3.05) is 26.0 Å². The summed E-state index contributed by atoms with van der Waals surface area (Å²) < 4.78 is 26.1. The Balaban J connectivity index is 2.13. The first-order valence-corrected chi connectivity index (χ1v) is 8.94. The van der Waals surface area contributed by atoms with Gasteiger partial charge in [-0.1, -0.05) is 6.07 Å². The number of benzene rings is 1. The Morgan fingerprint density at radius 3 is 2.58 bits per heavy atom. The van der Waals surface area contributed by atoms with Crippen LogP contribution in [0.25, 0.3) is 11.1 Å². The number of sulfonamides is 1. The first kappa shape index (κ1) is 16.6. The largest absolute Gasteiger partial charge is 0.315 e. The minimum Gasteiger partial charge on any atom is -0.315 e. The van der Waals surface area contributed by atoms with Crippen LogP contribution in [0.5, 0.6) is 0 Å². The van der Waals surface area contributed by atoms with Gasteiger partial charge in [0.2, 0.25) is 15.9 Å². The fraction of sp³-hybridized carbons (Fsp3) is 0.294. The Hall–Kier alpha value is -2.25. The molecule has 1 aliphatic rings. The SMILES string of the molecule is Cc1c(-c2ccc3c(c2)CC(=O)N3C)cncc1S(=O)(=O)N(C)C. The summed E-state index contributed by atoms with van der Waals surface area (Å²) in [5, 5.41) is 0. The molecule has 0 bridgehead atoms. The predicted octanol–water partition coefficient (Wildman–Crippen LogP) is 1.83. The third-order valence-electron chi connectivity index (χ3n) is 4.40. The topological polar surface area (TPSA) is 70.6 Å². The van der Waals surface area contributed by atoms with Gasteiger partial charge in [-0.15, -0.1) is 0 Å². The average molecular weight is 345 g/mol. The van der Waals surface area contributed by atoms with Crippen molar-refractivity contribution >= 4 is 21.6 Å². The van der Waals surface area contributed by atoms with Gasteiger partial charge >= 0.3 is 0 Å². The number of nitrogens with zero attached hydrogens (tertiary/aromatic N) is 3. The van der Waals surface area contributed by atoms with Gasteiger partial charge in [0, 0.05) is 44.8 Å². The maximum absolute atomic E-state index is 12.4. The zero-order chi connectivity index (χ0) is 17.6. The van der Waals surface area contributed by atoms with Crippen LogP contribution < -0.4 is 4.90 Å². The monoisotopic (exact) mass is 345 g/mol. The first-order valence-electron chi connectivity index (χ1n) is 7.50. The van der Waals surface area contributed by atoms with E-state index in [1.165, 1.54) is 24.6 Å². The highest BCUT2D eigenvalue weighted by Gasteiger charge is 2.25. The van der Waals surface area contributed by atoms with Crippen LogP contribution in [0.4, 0.5) is 5.69 Å². The molecule has 0 N–H and O–H groups in total. The summed E-state index contributed by atoms with van der Waals surface area (Å²) >= 11 is 0. The van der Waals surface area contributed by atoms with Gasteiger partial charge in [0.05, 0.1) is 6.42 Å². The summed E-state index contributed by atoms with van der Waals surface area (Å²) in [4.78, 5) is 17.8. The molecule has 1 amide bonds. The van der Waals surface area contributed by atoms with Crippen LogP contribution >= 0.6 is 0 Å². The first-order chi connectivity index (χ1) is 11.2. The number of carbonyl (C=O) groups excluding carboxylic acids is 1. The molecule has 1 aromatic heterocycles. The quantitative estimate of drug-likeness (QED) is 0.851. The molecule has 0 spiro atoms. The fourth-order valence-electron chi connectivity index (χ4n) is 2.89. The van der Waals surface area contributed by atoms with Gasteiger partial charge in [0.15, 0.2) is 0 Å². The number of carbonyl (C=O) groups is 1. The van der Waals surface area contributed by atoms with Crippen molar-refractivity contribution in [3.8, 4) is 11.1 Å². The lowest BCUT2D eigenvalue weighted by Crippen LogP contribution is -2.23. The Morgan fingerprint density at radius 2 is 1.92 bits per heavy atom. The molecule has 126 valence electrons. The summed E-state index contributed by atoms with van der Waals surface area (Å²) in [6, 6.07) is 5.72. The summed E-state index contributed by atoms with van der Waals surface area (Å²) in [5.74, 6) is 0.0564. The van der Waals surface area contributed by atoms with Crippen LogP contribution in [0.15, 0.2) is 35.5 Å². The van der Waals surface area contributed by atoms with Crippen LogP contribution in [0, 0.1) is 6.92 Å². The fourth-order valence-corrected chi connectivity index (χ4v) is 3.98. The number of hydrogen-bond donors (Lipinski definition) is 0. The zero-order valence-electron chi connectivity index (χ0n) is 14.1. The van der Waals surface area contributed by atoms with Crippen LogP contribution in [0.2, 0.25) is 0 Å². The molecule has 3 rings (SSSR count). The molecule has 6 nitrogen and oxygen atoms in total. The second-order valence-corrected chi connectivity index (χ2v) is 8.19. The van der Waals surface area contributed by atoms with E-state index in [9.17, 15) is 13.2 Å². The van der Waals surface area contributed by atoms with Crippen LogP contribution in [-0.4, -0.2) is 44.8 Å². The van der Waals surface area contributed by atoms with E-state index in [1.807, 2.05) is 18.2 Å². The maximum atomic E-state index is 12.4. The second kappa shape index (κ2) is 5.68. The van der Waals surface area contributed by atoms with Crippen molar-refractivity contribution < 1.29 is 13.2 Å². The van der Waals surface area contributed by atoms with Crippen molar-refractivity contribution in [3.63, 3.8) is 0 Å². The average Bonchev–Trinajstić information content (AvgIpc) is 2.81. The number of rotatable bonds is 3. The van der Waals surface area contributed by atoms with Gasteiger partial charge in [-0.25, -0.2) is 12.7 Å². The molecule has 0 saturated heterocycles. The Bertz CT molecular complexity index is 936. The molecule has 0 radical (unpaired) electrons. The number of anilines is 1. The third kappa shape index (κ3) is 2.50. The number of amides is 1. The highest BCUT2D eigenvalue weighted by atomic mass is 32.2. The van der Waals surface area contributed by atoms with E-state index in [1.54, 1.807) is 25.1 Å². The van der Waals surface area contributed by atoms with E-state index in [0.717, 1.165) is 22.4 Å². The molecule has 0 unspecified atom stereocenters. The van der Waals surface area contributed by atoms with Crippen molar-refractivity contribution in [1.29, 1.82) is 0 Å². The van der Waals surface area contributed by atoms with Crippen molar-refractivity contribution in [2.45, 2.75) is 18.2 Å². The normalized spacial score (nSPS) is 14.4. The molecule has 0 saturated carbocycles. The molecule has 2 heterocycles. The molecule has 1 aliphatic heterocycles. The minimum atomic E-state index is -3.56. The van der Waals surface area contributed by atoms with E-state index in [4.69, 9.17) is 0 Å². The van der Waals surface area contributed by atoms with Crippen LogP contribution in [-0.2, 0) is 21.2 Å². The zero-order valence-corrected chi connectivity index (χ0v) is 14.9. The van der Waals surface area contributed by atoms with Crippen molar-refractivity contribution in [3.05, 3.63) is 41.7 Å². The molecule has 1 aromatic carbocycles. The molecule has 0 fully saturated rings. The van der Waals surface area contributed by atoms with Gasteiger partial charge in [0.1, 0.15) is 4.90 Å². The van der Waals surface area contributed by atoms with Crippen molar-refractivity contribution in [2.24, 2.45) is 0 Å². The van der Waals surface area contributed by atoms with E-state index >= 15 is 0 Å². The van der Waals surface area contributed by atoms with Crippen molar-refractivity contribution in [1.82, 2.24) is 9.29 Å². The van der Waals surface area contributed by atoms with Crippen LogP contribution in [0.1, 0.15) is 11.1 Å². The summed E-state index contributed by atoms with van der Waals surface area (Å²) in [6.07, 6.45) is 3.40. The Labute approximate surface area is 141 Å². The van der Waals surface area contributed by atoms with Gasteiger partial charge in [-0.05, 0) is 35.7 Å². The molecule has 0 atom stereocenters.